The first-order valence-electron chi connectivity index (χ1n) is 7.83. The van der Waals surface area contributed by atoms with Crippen LogP contribution in [0, 0.1) is 5.92 Å². The van der Waals surface area contributed by atoms with Crippen LogP contribution in [0.4, 0.5) is 11.4 Å². The lowest BCUT2D eigenvalue weighted by atomic mass is 9.94. The Morgan fingerprint density at radius 1 is 1.14 bits per heavy atom. The van der Waals surface area contributed by atoms with Crippen molar-refractivity contribution in [2.24, 2.45) is 5.92 Å². The fourth-order valence-corrected chi connectivity index (χ4v) is 2.83. The molecule has 114 valence electrons. The van der Waals surface area contributed by atoms with Gasteiger partial charge in [0.2, 0.25) is 5.91 Å². The zero-order valence-electron chi connectivity index (χ0n) is 12.8. The van der Waals surface area contributed by atoms with Gasteiger partial charge in [-0.1, -0.05) is 0 Å². The first-order chi connectivity index (χ1) is 10.0. The molecule has 1 aromatic carbocycles. The summed E-state index contributed by atoms with van der Waals surface area (Å²) < 4.78 is 5.74. The number of anilines is 2. The second-order valence-corrected chi connectivity index (χ2v) is 6.78. The topological polar surface area (TPSA) is 50.4 Å². The molecule has 4 heteroatoms. The Labute approximate surface area is 126 Å². The van der Waals surface area contributed by atoms with Crippen LogP contribution in [0.3, 0.4) is 0 Å². The molecule has 1 amide bonds. The average Bonchev–Trinajstić information content (AvgIpc) is 3.24. The largest absolute Gasteiger partial charge is 0.382 e. The minimum Gasteiger partial charge on any atom is -0.382 e. The van der Waals surface area contributed by atoms with Crippen molar-refractivity contribution in [3.8, 4) is 0 Å². The zero-order chi connectivity index (χ0) is 14.9. The van der Waals surface area contributed by atoms with Gasteiger partial charge < -0.3 is 15.4 Å². The number of ether oxygens (including phenoxy) is 1. The van der Waals surface area contributed by atoms with Crippen molar-refractivity contribution < 1.29 is 9.53 Å². The molecule has 4 nitrogen and oxygen atoms in total. The number of hydrogen-bond acceptors (Lipinski definition) is 3. The van der Waals surface area contributed by atoms with Crippen molar-refractivity contribution in [3.63, 3.8) is 0 Å². The van der Waals surface area contributed by atoms with Crippen LogP contribution in [0.5, 0.6) is 0 Å². The summed E-state index contributed by atoms with van der Waals surface area (Å²) in [5.41, 5.74) is 1.93. The fraction of sp³-hybridized carbons (Fsp3) is 0.588. The van der Waals surface area contributed by atoms with Gasteiger partial charge in [0.05, 0.1) is 5.60 Å². The quantitative estimate of drug-likeness (QED) is 0.892. The highest BCUT2D eigenvalue weighted by Crippen LogP contribution is 2.30. The van der Waals surface area contributed by atoms with Crippen molar-refractivity contribution in [1.82, 2.24) is 0 Å². The fourth-order valence-electron chi connectivity index (χ4n) is 2.83. The normalized spacial score (nSPS) is 24.4. The molecule has 0 radical (unpaired) electrons. The molecular formula is C17H24N2O2. The van der Waals surface area contributed by atoms with Crippen molar-refractivity contribution in [1.29, 1.82) is 0 Å². The molecule has 1 atom stereocenters. The Bertz CT molecular complexity index is 506. The summed E-state index contributed by atoms with van der Waals surface area (Å²) in [6.45, 7) is 5.08. The van der Waals surface area contributed by atoms with E-state index in [0.29, 0.717) is 6.04 Å². The summed E-state index contributed by atoms with van der Waals surface area (Å²) in [6, 6.07) is 8.44. The van der Waals surface area contributed by atoms with E-state index in [1.807, 2.05) is 24.3 Å². The van der Waals surface area contributed by atoms with Crippen molar-refractivity contribution >= 4 is 17.3 Å². The van der Waals surface area contributed by atoms with E-state index in [0.717, 1.165) is 43.7 Å². The number of amides is 1. The minimum absolute atomic E-state index is 0.0475. The molecule has 1 aliphatic heterocycles. The van der Waals surface area contributed by atoms with Crippen LogP contribution in [0.2, 0.25) is 0 Å². The molecule has 3 rings (SSSR count). The summed E-state index contributed by atoms with van der Waals surface area (Å²) in [4.78, 5) is 11.7. The number of carbonyl (C=O) groups excluding carboxylic acids is 1. The van der Waals surface area contributed by atoms with E-state index in [1.165, 1.54) is 0 Å². The van der Waals surface area contributed by atoms with E-state index in [9.17, 15) is 4.79 Å². The molecule has 2 fully saturated rings. The zero-order valence-corrected chi connectivity index (χ0v) is 12.8. The van der Waals surface area contributed by atoms with Gasteiger partial charge in [0.1, 0.15) is 0 Å². The SMILES string of the molecule is CC1(C)CC(Nc2ccc(NC(=O)C3CC3)cc2)CCO1. The van der Waals surface area contributed by atoms with E-state index in [2.05, 4.69) is 24.5 Å². The minimum atomic E-state index is -0.0475. The van der Waals surface area contributed by atoms with Gasteiger partial charge in [0.25, 0.3) is 0 Å². The van der Waals surface area contributed by atoms with E-state index in [1.54, 1.807) is 0 Å². The van der Waals surface area contributed by atoms with Gasteiger partial charge in [0, 0.05) is 29.9 Å². The Morgan fingerprint density at radius 3 is 2.43 bits per heavy atom. The molecule has 1 saturated carbocycles. The summed E-state index contributed by atoms with van der Waals surface area (Å²) in [5.74, 6) is 0.397. The smallest absolute Gasteiger partial charge is 0.227 e. The van der Waals surface area contributed by atoms with Crippen molar-refractivity contribution in [3.05, 3.63) is 24.3 Å². The van der Waals surface area contributed by atoms with Crippen LogP contribution in [0.25, 0.3) is 0 Å². The van der Waals surface area contributed by atoms with Crippen LogP contribution < -0.4 is 10.6 Å². The van der Waals surface area contributed by atoms with Crippen LogP contribution in [-0.4, -0.2) is 24.2 Å². The number of benzene rings is 1. The molecular weight excluding hydrogens is 264 g/mol. The van der Waals surface area contributed by atoms with Crippen LogP contribution in [0.1, 0.15) is 39.5 Å². The summed E-state index contributed by atoms with van der Waals surface area (Å²) in [7, 11) is 0. The summed E-state index contributed by atoms with van der Waals surface area (Å²) in [6.07, 6.45) is 4.10. The number of nitrogens with one attached hydrogen (secondary N) is 2. The monoisotopic (exact) mass is 288 g/mol. The maximum atomic E-state index is 11.7. The van der Waals surface area contributed by atoms with Crippen molar-refractivity contribution in [2.45, 2.75) is 51.2 Å². The molecule has 21 heavy (non-hydrogen) atoms. The van der Waals surface area contributed by atoms with Gasteiger partial charge in [-0.05, 0) is 63.8 Å². The van der Waals surface area contributed by atoms with Gasteiger partial charge in [-0.2, -0.15) is 0 Å². The van der Waals surface area contributed by atoms with Gasteiger partial charge in [-0.25, -0.2) is 0 Å². The molecule has 0 bridgehead atoms. The first kappa shape index (κ1) is 14.4. The lowest BCUT2D eigenvalue weighted by Crippen LogP contribution is -2.40. The predicted octanol–water partition coefficient (Wildman–Crippen LogP) is 3.40. The van der Waals surface area contributed by atoms with E-state index >= 15 is 0 Å². The molecule has 1 heterocycles. The van der Waals surface area contributed by atoms with Gasteiger partial charge in [-0.15, -0.1) is 0 Å². The molecule has 1 aliphatic carbocycles. The molecule has 2 N–H and O–H groups in total. The lowest BCUT2D eigenvalue weighted by Gasteiger charge is -2.36. The highest BCUT2D eigenvalue weighted by Gasteiger charge is 2.30. The predicted molar refractivity (Wildman–Crippen MR) is 84.5 cm³/mol. The van der Waals surface area contributed by atoms with E-state index in [4.69, 9.17) is 4.74 Å². The molecule has 1 aromatic rings. The number of hydrogen-bond donors (Lipinski definition) is 2. The van der Waals surface area contributed by atoms with E-state index < -0.39 is 0 Å². The molecule has 0 aromatic heterocycles. The summed E-state index contributed by atoms with van der Waals surface area (Å²) >= 11 is 0. The highest BCUT2D eigenvalue weighted by molar-refractivity contribution is 5.94. The molecule has 1 unspecified atom stereocenters. The van der Waals surface area contributed by atoms with Crippen LogP contribution >= 0.6 is 0 Å². The summed E-state index contributed by atoms with van der Waals surface area (Å²) in [5, 5.41) is 6.52. The maximum Gasteiger partial charge on any atom is 0.227 e. The standard InChI is InChI=1S/C17H24N2O2/c1-17(2)11-15(9-10-21-17)18-13-5-7-14(8-6-13)19-16(20)12-3-4-12/h5-8,12,15,18H,3-4,9-11H2,1-2H3,(H,19,20). The molecule has 2 aliphatic rings. The van der Waals surface area contributed by atoms with Crippen LogP contribution in [-0.2, 0) is 9.53 Å². The number of carbonyl (C=O) groups is 1. The first-order valence-corrected chi connectivity index (χ1v) is 7.83. The lowest BCUT2D eigenvalue weighted by molar-refractivity contribution is -0.117. The Hall–Kier alpha value is -1.55. The van der Waals surface area contributed by atoms with Crippen molar-refractivity contribution in [2.75, 3.05) is 17.2 Å². The van der Waals surface area contributed by atoms with E-state index in [-0.39, 0.29) is 17.4 Å². The van der Waals surface area contributed by atoms with Gasteiger partial charge in [-0.3, -0.25) is 4.79 Å². The molecule has 0 spiro atoms. The Balaban J connectivity index is 1.55. The van der Waals surface area contributed by atoms with Gasteiger partial charge >= 0.3 is 0 Å². The Morgan fingerprint density at radius 2 is 1.81 bits per heavy atom. The average molecular weight is 288 g/mol. The van der Waals surface area contributed by atoms with Gasteiger partial charge in [0.15, 0.2) is 0 Å². The Kier molecular flexibility index (Phi) is 3.89. The highest BCUT2D eigenvalue weighted by atomic mass is 16.5. The second-order valence-electron chi connectivity index (χ2n) is 6.78. The maximum absolute atomic E-state index is 11.7. The third-order valence-corrected chi connectivity index (χ3v) is 4.17. The third-order valence-electron chi connectivity index (χ3n) is 4.17. The third kappa shape index (κ3) is 3.97. The molecule has 1 saturated heterocycles. The number of rotatable bonds is 4. The van der Waals surface area contributed by atoms with Crippen LogP contribution in [0.15, 0.2) is 24.3 Å². The second kappa shape index (κ2) is 5.68.